The smallest absolute Gasteiger partial charge is 0.226 e. The fraction of sp³-hybridized carbons (Fsp3) is 0.263. The van der Waals surface area contributed by atoms with Gasteiger partial charge in [-0.05, 0) is 42.7 Å². The Bertz CT molecular complexity index is 888. The molecule has 0 atom stereocenters. The summed E-state index contributed by atoms with van der Waals surface area (Å²) < 4.78 is 5.59. The number of furan rings is 1. The van der Waals surface area contributed by atoms with E-state index in [9.17, 15) is 4.79 Å². The quantitative estimate of drug-likeness (QED) is 0.777. The van der Waals surface area contributed by atoms with Gasteiger partial charge in [0.2, 0.25) is 11.9 Å². The highest BCUT2D eigenvalue weighted by Gasteiger charge is 2.25. The zero-order valence-corrected chi connectivity index (χ0v) is 14.2. The van der Waals surface area contributed by atoms with Crippen LogP contribution in [0.15, 0.2) is 53.5 Å². The third-order valence-electron chi connectivity index (χ3n) is 4.70. The number of primary amides is 1. The molecule has 26 heavy (non-hydrogen) atoms. The number of hydrogen-bond acceptors (Lipinski definition) is 6. The molecule has 1 amide bonds. The van der Waals surface area contributed by atoms with Gasteiger partial charge in [0.15, 0.2) is 5.76 Å². The molecule has 0 radical (unpaired) electrons. The van der Waals surface area contributed by atoms with Crippen LogP contribution in [0.25, 0.3) is 22.6 Å². The first-order valence-corrected chi connectivity index (χ1v) is 8.58. The monoisotopic (exact) mass is 349 g/mol. The van der Waals surface area contributed by atoms with Crippen molar-refractivity contribution >= 4 is 11.9 Å². The maximum absolute atomic E-state index is 11.4. The van der Waals surface area contributed by atoms with Gasteiger partial charge in [-0.25, -0.2) is 9.97 Å². The number of anilines is 1. The molecule has 0 unspecified atom stereocenters. The van der Waals surface area contributed by atoms with E-state index in [1.54, 1.807) is 18.7 Å². The molecular formula is C19H19N5O2. The highest BCUT2D eigenvalue weighted by molar-refractivity contribution is 5.79. The minimum absolute atomic E-state index is 0.0631. The van der Waals surface area contributed by atoms with Crippen LogP contribution in [0.4, 0.5) is 5.95 Å². The topological polar surface area (TPSA) is 98.1 Å². The molecule has 7 heteroatoms. The van der Waals surface area contributed by atoms with Crippen molar-refractivity contribution in [3.8, 4) is 22.6 Å². The second kappa shape index (κ2) is 6.95. The summed E-state index contributed by atoms with van der Waals surface area (Å²) in [7, 11) is 0. The summed E-state index contributed by atoms with van der Waals surface area (Å²) in [5.41, 5.74) is 8.02. The maximum atomic E-state index is 11.4. The van der Waals surface area contributed by atoms with Gasteiger partial charge in [-0.2, -0.15) is 0 Å². The molecule has 0 aromatic carbocycles. The Balaban J connectivity index is 1.68. The first-order valence-electron chi connectivity index (χ1n) is 8.58. The minimum Gasteiger partial charge on any atom is -0.463 e. The molecule has 0 spiro atoms. The van der Waals surface area contributed by atoms with Crippen LogP contribution in [0.5, 0.6) is 0 Å². The fourth-order valence-corrected chi connectivity index (χ4v) is 3.23. The first kappa shape index (κ1) is 16.3. The van der Waals surface area contributed by atoms with Gasteiger partial charge in [0, 0.05) is 43.2 Å². The summed E-state index contributed by atoms with van der Waals surface area (Å²) in [6, 6.07) is 7.56. The van der Waals surface area contributed by atoms with Crippen molar-refractivity contribution < 1.29 is 9.21 Å². The number of piperidine rings is 1. The zero-order valence-electron chi connectivity index (χ0n) is 14.2. The van der Waals surface area contributed by atoms with E-state index >= 15 is 0 Å². The molecule has 0 aliphatic carbocycles. The second-order valence-corrected chi connectivity index (χ2v) is 6.31. The van der Waals surface area contributed by atoms with E-state index in [-0.39, 0.29) is 11.8 Å². The zero-order chi connectivity index (χ0) is 17.9. The molecule has 2 N–H and O–H groups in total. The molecule has 1 aliphatic heterocycles. The summed E-state index contributed by atoms with van der Waals surface area (Å²) in [6.07, 6.45) is 8.37. The van der Waals surface area contributed by atoms with E-state index in [2.05, 4.69) is 14.9 Å². The van der Waals surface area contributed by atoms with Crippen LogP contribution in [0.1, 0.15) is 12.8 Å². The van der Waals surface area contributed by atoms with E-state index in [0.717, 1.165) is 29.7 Å². The van der Waals surface area contributed by atoms with Crippen LogP contribution in [0.3, 0.4) is 0 Å². The van der Waals surface area contributed by atoms with Crippen LogP contribution in [0, 0.1) is 5.92 Å². The number of aromatic nitrogens is 3. The first-order chi connectivity index (χ1) is 12.7. The van der Waals surface area contributed by atoms with Gasteiger partial charge in [-0.1, -0.05) is 0 Å². The second-order valence-electron chi connectivity index (χ2n) is 6.31. The molecule has 4 heterocycles. The Hall–Kier alpha value is -3.22. The molecule has 3 aromatic rings. The van der Waals surface area contributed by atoms with E-state index in [1.807, 2.05) is 30.5 Å². The SMILES string of the molecule is NC(=O)C1CCN(c2ncc(-c3ccncc3)c(-c3ccco3)n2)CC1. The molecule has 0 bridgehead atoms. The number of amides is 1. The van der Waals surface area contributed by atoms with Gasteiger partial charge < -0.3 is 15.1 Å². The number of carbonyl (C=O) groups is 1. The fourth-order valence-electron chi connectivity index (χ4n) is 3.23. The third-order valence-corrected chi connectivity index (χ3v) is 4.70. The molecular weight excluding hydrogens is 330 g/mol. The van der Waals surface area contributed by atoms with Gasteiger partial charge in [-0.15, -0.1) is 0 Å². The van der Waals surface area contributed by atoms with Crippen molar-refractivity contribution in [2.75, 3.05) is 18.0 Å². The number of hydrogen-bond donors (Lipinski definition) is 1. The Morgan fingerprint density at radius 2 is 1.96 bits per heavy atom. The minimum atomic E-state index is -0.227. The highest BCUT2D eigenvalue weighted by Crippen LogP contribution is 2.32. The van der Waals surface area contributed by atoms with Crippen molar-refractivity contribution in [3.05, 3.63) is 49.1 Å². The van der Waals surface area contributed by atoms with Crippen LogP contribution in [-0.4, -0.2) is 33.9 Å². The van der Waals surface area contributed by atoms with Crippen LogP contribution in [0.2, 0.25) is 0 Å². The number of pyridine rings is 1. The summed E-state index contributed by atoms with van der Waals surface area (Å²) >= 11 is 0. The Morgan fingerprint density at radius 1 is 1.19 bits per heavy atom. The lowest BCUT2D eigenvalue weighted by Crippen LogP contribution is -2.39. The molecule has 7 nitrogen and oxygen atoms in total. The number of carbonyl (C=O) groups excluding carboxylic acids is 1. The van der Waals surface area contributed by atoms with Gasteiger partial charge >= 0.3 is 0 Å². The molecule has 0 saturated carbocycles. The summed E-state index contributed by atoms with van der Waals surface area (Å²) in [5, 5.41) is 0. The molecule has 1 fully saturated rings. The van der Waals surface area contributed by atoms with Crippen LogP contribution < -0.4 is 10.6 Å². The average molecular weight is 349 g/mol. The Labute approximate surface area is 150 Å². The normalized spacial score (nSPS) is 15.2. The van der Waals surface area contributed by atoms with E-state index in [1.165, 1.54) is 0 Å². The summed E-state index contributed by atoms with van der Waals surface area (Å²) in [4.78, 5) is 26.8. The van der Waals surface area contributed by atoms with E-state index < -0.39 is 0 Å². The predicted octanol–water partition coefficient (Wildman–Crippen LogP) is 2.50. The van der Waals surface area contributed by atoms with Crippen molar-refractivity contribution in [2.24, 2.45) is 11.7 Å². The van der Waals surface area contributed by atoms with Crippen molar-refractivity contribution in [1.82, 2.24) is 15.0 Å². The van der Waals surface area contributed by atoms with Crippen LogP contribution in [-0.2, 0) is 4.79 Å². The maximum Gasteiger partial charge on any atom is 0.226 e. The number of nitrogens with two attached hydrogens (primary N) is 1. The van der Waals surface area contributed by atoms with Gasteiger partial charge in [-0.3, -0.25) is 9.78 Å². The Morgan fingerprint density at radius 3 is 2.62 bits per heavy atom. The highest BCUT2D eigenvalue weighted by atomic mass is 16.3. The van der Waals surface area contributed by atoms with E-state index in [0.29, 0.717) is 24.8 Å². The molecule has 4 rings (SSSR count). The lowest BCUT2D eigenvalue weighted by atomic mass is 9.96. The third kappa shape index (κ3) is 3.15. The van der Waals surface area contributed by atoms with Crippen molar-refractivity contribution in [3.63, 3.8) is 0 Å². The van der Waals surface area contributed by atoms with Crippen molar-refractivity contribution in [2.45, 2.75) is 12.8 Å². The molecule has 132 valence electrons. The van der Waals surface area contributed by atoms with Gasteiger partial charge in [0.05, 0.1) is 6.26 Å². The van der Waals surface area contributed by atoms with Gasteiger partial charge in [0.25, 0.3) is 0 Å². The lowest BCUT2D eigenvalue weighted by Gasteiger charge is -2.30. The molecule has 1 aliphatic rings. The number of rotatable bonds is 4. The molecule has 3 aromatic heterocycles. The number of nitrogens with zero attached hydrogens (tertiary/aromatic N) is 4. The molecule has 1 saturated heterocycles. The van der Waals surface area contributed by atoms with E-state index in [4.69, 9.17) is 15.1 Å². The Kier molecular flexibility index (Phi) is 4.35. The average Bonchev–Trinajstić information content (AvgIpc) is 3.23. The standard InChI is InChI=1S/C19H19N5O2/c20-18(25)14-5-9-24(10-6-14)19-22-12-15(13-3-7-21-8-4-13)17(23-19)16-2-1-11-26-16/h1-4,7-8,11-12,14H,5-6,9-10H2,(H2,20,25). The largest absolute Gasteiger partial charge is 0.463 e. The summed E-state index contributed by atoms with van der Waals surface area (Å²) in [5.74, 6) is 1.03. The van der Waals surface area contributed by atoms with Gasteiger partial charge in [0.1, 0.15) is 5.69 Å². The lowest BCUT2D eigenvalue weighted by molar-refractivity contribution is -0.122. The predicted molar refractivity (Wildman–Crippen MR) is 97.1 cm³/mol. The summed E-state index contributed by atoms with van der Waals surface area (Å²) in [6.45, 7) is 1.42. The van der Waals surface area contributed by atoms with Crippen molar-refractivity contribution in [1.29, 1.82) is 0 Å². The van der Waals surface area contributed by atoms with Crippen LogP contribution >= 0.6 is 0 Å².